The Labute approximate surface area is 151 Å². The average molecular weight is 395 g/mol. The van der Waals surface area contributed by atoms with Gasteiger partial charge in [-0.25, -0.2) is 8.42 Å². The molecule has 1 saturated heterocycles. The van der Waals surface area contributed by atoms with Crippen LogP contribution in [0.15, 0.2) is 23.1 Å². The highest BCUT2D eigenvalue weighted by atomic mass is 35.5. The van der Waals surface area contributed by atoms with Crippen LogP contribution in [0.2, 0.25) is 10.0 Å². The molecule has 1 aromatic carbocycles. The normalized spacial score (nSPS) is 18.3. The molecule has 2 rings (SSSR count). The lowest BCUT2D eigenvalue weighted by molar-refractivity contribution is -0.126. The maximum Gasteiger partial charge on any atom is 0.244 e. The summed E-state index contributed by atoms with van der Waals surface area (Å²) in [6, 6.07) is 4.31. The molecule has 1 atom stereocenters. The van der Waals surface area contributed by atoms with Gasteiger partial charge in [0.25, 0.3) is 0 Å². The molecule has 0 saturated carbocycles. The number of carbonyl (C=O) groups excluding carboxylic acids is 1. The molecule has 1 amide bonds. The van der Waals surface area contributed by atoms with Crippen molar-refractivity contribution in [1.82, 2.24) is 9.62 Å². The second-order valence-electron chi connectivity index (χ2n) is 5.85. The zero-order valence-corrected chi connectivity index (χ0v) is 15.5. The van der Waals surface area contributed by atoms with Crippen LogP contribution in [0.5, 0.6) is 0 Å². The number of hydrogen-bond acceptors (Lipinski definition) is 4. The summed E-state index contributed by atoms with van der Waals surface area (Å²) in [6.45, 7) is 2.25. The SMILES string of the molecule is CC(O)CNC(=O)C1CCN(S(=O)(=O)c2cc(Cl)ccc2Cl)CC1. The minimum atomic E-state index is -3.74. The number of aliphatic hydroxyl groups excluding tert-OH is 1. The Hall–Kier alpha value is -0.860. The molecule has 0 bridgehead atoms. The molecule has 1 aromatic rings. The number of piperidine rings is 1. The van der Waals surface area contributed by atoms with E-state index in [0.29, 0.717) is 17.9 Å². The minimum Gasteiger partial charge on any atom is -0.392 e. The van der Waals surface area contributed by atoms with Crippen molar-refractivity contribution in [3.63, 3.8) is 0 Å². The van der Waals surface area contributed by atoms with Crippen LogP contribution in [0.25, 0.3) is 0 Å². The third-order valence-corrected chi connectivity index (χ3v) is 6.52. The number of sulfonamides is 1. The Morgan fingerprint density at radius 2 is 2.00 bits per heavy atom. The number of nitrogens with zero attached hydrogens (tertiary/aromatic N) is 1. The Morgan fingerprint density at radius 3 is 2.58 bits per heavy atom. The zero-order valence-electron chi connectivity index (χ0n) is 13.2. The molecule has 2 N–H and O–H groups in total. The summed E-state index contributed by atoms with van der Waals surface area (Å²) in [5.74, 6) is -0.418. The summed E-state index contributed by atoms with van der Waals surface area (Å²) in [4.78, 5) is 12.0. The van der Waals surface area contributed by atoms with E-state index in [1.54, 1.807) is 6.92 Å². The lowest BCUT2D eigenvalue weighted by Gasteiger charge is -2.30. The monoisotopic (exact) mass is 394 g/mol. The predicted octanol–water partition coefficient (Wildman–Crippen LogP) is 1.89. The van der Waals surface area contributed by atoms with Crippen molar-refractivity contribution in [2.24, 2.45) is 5.92 Å². The van der Waals surface area contributed by atoms with Crippen molar-refractivity contribution >= 4 is 39.1 Å². The van der Waals surface area contributed by atoms with Crippen LogP contribution < -0.4 is 5.32 Å². The van der Waals surface area contributed by atoms with Gasteiger partial charge in [-0.15, -0.1) is 0 Å². The number of benzene rings is 1. The van der Waals surface area contributed by atoms with Gasteiger partial charge in [0.2, 0.25) is 15.9 Å². The maximum absolute atomic E-state index is 12.7. The van der Waals surface area contributed by atoms with Gasteiger partial charge in [-0.1, -0.05) is 23.2 Å². The van der Waals surface area contributed by atoms with Gasteiger partial charge in [0.05, 0.1) is 11.1 Å². The van der Waals surface area contributed by atoms with Crippen LogP contribution in [0.4, 0.5) is 0 Å². The Bertz CT molecular complexity index is 701. The van der Waals surface area contributed by atoms with E-state index in [1.807, 2.05) is 0 Å². The molecule has 0 aromatic heterocycles. The highest BCUT2D eigenvalue weighted by Gasteiger charge is 2.33. The van der Waals surface area contributed by atoms with E-state index in [4.69, 9.17) is 23.2 Å². The lowest BCUT2D eigenvalue weighted by Crippen LogP contribution is -2.44. The summed E-state index contributed by atoms with van der Waals surface area (Å²) < 4.78 is 26.7. The Balaban J connectivity index is 2.03. The zero-order chi connectivity index (χ0) is 17.9. The molecule has 1 aliphatic rings. The summed E-state index contributed by atoms with van der Waals surface area (Å²) in [7, 11) is -3.74. The smallest absolute Gasteiger partial charge is 0.244 e. The van der Waals surface area contributed by atoms with Crippen LogP contribution >= 0.6 is 23.2 Å². The van der Waals surface area contributed by atoms with Crippen LogP contribution in [0.1, 0.15) is 19.8 Å². The van der Waals surface area contributed by atoms with E-state index >= 15 is 0 Å². The Kier molecular flexibility index (Phi) is 6.50. The molecular formula is C15H20Cl2N2O4S. The van der Waals surface area contributed by atoms with Crippen LogP contribution in [-0.4, -0.2) is 49.5 Å². The third kappa shape index (κ3) is 4.61. The van der Waals surface area contributed by atoms with Crippen molar-refractivity contribution in [2.45, 2.75) is 30.8 Å². The van der Waals surface area contributed by atoms with Gasteiger partial charge < -0.3 is 10.4 Å². The first-order valence-electron chi connectivity index (χ1n) is 7.63. The summed E-state index contributed by atoms with van der Waals surface area (Å²) in [6.07, 6.45) is 0.228. The van der Waals surface area contributed by atoms with E-state index < -0.39 is 16.1 Å². The number of aliphatic hydroxyl groups is 1. The van der Waals surface area contributed by atoms with Crippen molar-refractivity contribution in [3.05, 3.63) is 28.2 Å². The topological polar surface area (TPSA) is 86.7 Å². The lowest BCUT2D eigenvalue weighted by atomic mass is 9.97. The molecule has 1 unspecified atom stereocenters. The first-order chi connectivity index (χ1) is 11.2. The Morgan fingerprint density at radius 1 is 1.38 bits per heavy atom. The van der Waals surface area contributed by atoms with Gasteiger partial charge in [0.15, 0.2) is 0 Å². The van der Waals surface area contributed by atoms with Gasteiger partial charge in [-0.05, 0) is 38.0 Å². The highest BCUT2D eigenvalue weighted by Crippen LogP contribution is 2.30. The summed E-state index contributed by atoms with van der Waals surface area (Å²) in [5.41, 5.74) is 0. The molecule has 9 heteroatoms. The van der Waals surface area contributed by atoms with Crippen molar-refractivity contribution in [1.29, 1.82) is 0 Å². The maximum atomic E-state index is 12.7. The first kappa shape index (κ1) is 19.5. The van der Waals surface area contributed by atoms with E-state index in [9.17, 15) is 18.3 Å². The fourth-order valence-corrected chi connectivity index (χ4v) is 4.77. The first-order valence-corrected chi connectivity index (χ1v) is 9.82. The fraction of sp³-hybridized carbons (Fsp3) is 0.533. The van der Waals surface area contributed by atoms with E-state index in [1.165, 1.54) is 22.5 Å². The quantitative estimate of drug-likeness (QED) is 0.797. The fourth-order valence-electron chi connectivity index (χ4n) is 2.56. The van der Waals surface area contributed by atoms with Crippen molar-refractivity contribution in [2.75, 3.05) is 19.6 Å². The molecule has 0 spiro atoms. The molecule has 24 heavy (non-hydrogen) atoms. The second kappa shape index (κ2) is 8.01. The van der Waals surface area contributed by atoms with E-state index in [2.05, 4.69) is 5.32 Å². The van der Waals surface area contributed by atoms with E-state index in [-0.39, 0.29) is 41.4 Å². The van der Waals surface area contributed by atoms with Crippen LogP contribution in [0, 0.1) is 5.92 Å². The summed E-state index contributed by atoms with van der Waals surface area (Å²) in [5, 5.41) is 12.3. The minimum absolute atomic E-state index is 0.0197. The van der Waals surface area contributed by atoms with Gasteiger partial charge in [-0.3, -0.25) is 4.79 Å². The van der Waals surface area contributed by atoms with Crippen LogP contribution in [-0.2, 0) is 14.8 Å². The number of nitrogens with one attached hydrogen (secondary N) is 1. The number of rotatable bonds is 5. The second-order valence-corrected chi connectivity index (χ2v) is 8.60. The van der Waals surface area contributed by atoms with Gasteiger partial charge in [-0.2, -0.15) is 4.31 Å². The van der Waals surface area contributed by atoms with Gasteiger partial charge >= 0.3 is 0 Å². The average Bonchev–Trinajstić information content (AvgIpc) is 2.54. The molecule has 0 aliphatic carbocycles. The van der Waals surface area contributed by atoms with Gasteiger partial charge in [0.1, 0.15) is 4.90 Å². The number of halogens is 2. The number of amides is 1. The standard InChI is InChI=1S/C15H20Cl2N2O4S/c1-10(20)9-18-15(21)11-4-6-19(7-5-11)24(22,23)14-8-12(16)2-3-13(14)17/h2-3,8,10-11,20H,4-7,9H2,1H3,(H,18,21). The predicted molar refractivity (Wildman–Crippen MR) is 92.6 cm³/mol. The van der Waals surface area contributed by atoms with Crippen molar-refractivity contribution < 1.29 is 18.3 Å². The highest BCUT2D eigenvalue weighted by molar-refractivity contribution is 7.89. The molecule has 1 fully saturated rings. The molecule has 1 aliphatic heterocycles. The van der Waals surface area contributed by atoms with Gasteiger partial charge in [0, 0.05) is 30.6 Å². The largest absolute Gasteiger partial charge is 0.392 e. The number of carbonyl (C=O) groups is 1. The molecule has 6 nitrogen and oxygen atoms in total. The third-order valence-electron chi connectivity index (χ3n) is 3.91. The molecular weight excluding hydrogens is 375 g/mol. The molecule has 1 heterocycles. The summed E-state index contributed by atoms with van der Waals surface area (Å²) >= 11 is 11.9. The number of hydrogen-bond donors (Lipinski definition) is 2. The van der Waals surface area contributed by atoms with Crippen LogP contribution in [0.3, 0.4) is 0 Å². The van der Waals surface area contributed by atoms with Crippen molar-refractivity contribution in [3.8, 4) is 0 Å². The molecule has 134 valence electrons. The van der Waals surface area contributed by atoms with E-state index in [0.717, 1.165) is 0 Å². The molecule has 0 radical (unpaired) electrons.